The number of halogens is 1. The molecule has 1 unspecified atom stereocenters. The van der Waals surface area contributed by atoms with Crippen LogP contribution in [0.25, 0.3) is 22.4 Å². The van der Waals surface area contributed by atoms with Crippen LogP contribution in [0.5, 0.6) is 5.88 Å². The number of ether oxygens (including phenoxy) is 1. The number of rotatable bonds is 9. The zero-order valence-electron chi connectivity index (χ0n) is 33.0. The van der Waals surface area contributed by atoms with E-state index in [1.165, 1.54) is 39.6 Å². The van der Waals surface area contributed by atoms with E-state index in [-0.39, 0.29) is 65.8 Å². The average molecular weight is 810 g/mol. The number of hydrogen-bond donors (Lipinski definition) is 1. The lowest BCUT2D eigenvalue weighted by atomic mass is 9.90. The van der Waals surface area contributed by atoms with Crippen molar-refractivity contribution in [1.29, 1.82) is 0 Å². The Labute approximate surface area is 338 Å². The van der Waals surface area contributed by atoms with Gasteiger partial charge in [0.15, 0.2) is 5.69 Å². The number of fused-ring (bicyclic) bond motifs is 2. The molecule has 302 valence electrons. The van der Waals surface area contributed by atoms with Crippen molar-refractivity contribution >= 4 is 52.0 Å². The number of imide groups is 1. The Bertz CT molecular complexity index is 2650. The van der Waals surface area contributed by atoms with Crippen LogP contribution in [0.3, 0.4) is 0 Å². The molecule has 0 aliphatic carbocycles. The van der Waals surface area contributed by atoms with Gasteiger partial charge in [-0.05, 0) is 81.7 Å². The number of carbonyl (C=O) groups is 4. The average Bonchev–Trinajstić information content (AvgIpc) is 3.82. The number of pyridine rings is 2. The van der Waals surface area contributed by atoms with E-state index >= 15 is 0 Å². The van der Waals surface area contributed by atoms with Gasteiger partial charge in [-0.1, -0.05) is 17.7 Å². The van der Waals surface area contributed by atoms with E-state index in [9.17, 15) is 28.8 Å². The number of benzene rings is 1. The molecule has 3 aliphatic rings. The number of nitrogens with zero attached hydrogens (tertiary/aromatic N) is 8. The topological polar surface area (TPSA) is 176 Å². The van der Waals surface area contributed by atoms with Crippen molar-refractivity contribution in [2.75, 3.05) is 25.1 Å². The van der Waals surface area contributed by atoms with Gasteiger partial charge < -0.3 is 18.8 Å². The van der Waals surface area contributed by atoms with Gasteiger partial charge in [0, 0.05) is 52.0 Å². The molecule has 4 aromatic heterocycles. The molecule has 8 rings (SSSR count). The number of aryl methyl sites for hydroxylation is 3. The number of imidazole rings is 2. The number of amides is 4. The number of anilines is 1. The molecule has 2 fully saturated rings. The van der Waals surface area contributed by atoms with Crippen LogP contribution >= 0.6 is 11.6 Å². The van der Waals surface area contributed by atoms with Gasteiger partial charge >= 0.3 is 5.69 Å². The molecule has 17 heteroatoms. The minimum atomic E-state index is -0.728. The maximum atomic E-state index is 13.9. The Kier molecular flexibility index (Phi) is 10.1. The van der Waals surface area contributed by atoms with Gasteiger partial charge in [-0.25, -0.2) is 14.8 Å². The summed E-state index contributed by atoms with van der Waals surface area (Å²) in [6, 6.07) is 8.21. The Hall–Kier alpha value is -6.03. The zero-order chi connectivity index (χ0) is 41.2. The summed E-state index contributed by atoms with van der Waals surface area (Å²) in [6.45, 7) is 5.21. The smallest absolute Gasteiger partial charge is 0.329 e. The minimum absolute atomic E-state index is 0.116. The van der Waals surface area contributed by atoms with E-state index in [1.54, 1.807) is 24.7 Å². The molecule has 4 amide bonds. The third kappa shape index (κ3) is 6.68. The van der Waals surface area contributed by atoms with Crippen LogP contribution in [-0.2, 0) is 36.6 Å². The Morgan fingerprint density at radius 3 is 2.48 bits per heavy atom. The van der Waals surface area contributed by atoms with Gasteiger partial charge in [-0.15, -0.1) is 0 Å². The standard InChI is InChI=1S/C41H44ClN9O7/c1-22(2)50-32-21-49(31-18-26(42)20-46(3)39(31)55)40(56)34(32)45-35(50)27-17-25(19-43-37(27)58-5)38(54)48-14-12-23(13-15-48)6-7-24-8-9-28-30(16-24)47(4)41(57)51(28)29-10-11-33(52)44-36(29)53/h8-9,16-20,22-23,29H,6-7,10-15,21H2,1-5H3,(H,44,52,53). The molecule has 1 N–H and O–H groups in total. The molecule has 1 aromatic carbocycles. The molecule has 16 nitrogen and oxygen atoms in total. The van der Waals surface area contributed by atoms with Gasteiger partial charge in [0.05, 0.1) is 46.5 Å². The fraction of sp³-hybridized carbons (Fsp3) is 0.415. The van der Waals surface area contributed by atoms with Gasteiger partial charge in [0.1, 0.15) is 17.6 Å². The van der Waals surface area contributed by atoms with Crippen LogP contribution < -0.4 is 26.2 Å². The summed E-state index contributed by atoms with van der Waals surface area (Å²) in [6.07, 6.45) is 6.83. The van der Waals surface area contributed by atoms with Crippen LogP contribution in [0.1, 0.15) is 90.1 Å². The van der Waals surface area contributed by atoms with Gasteiger partial charge in [0.25, 0.3) is 17.4 Å². The monoisotopic (exact) mass is 809 g/mol. The van der Waals surface area contributed by atoms with E-state index in [0.717, 1.165) is 36.8 Å². The highest BCUT2D eigenvalue weighted by Gasteiger charge is 2.38. The quantitative estimate of drug-likeness (QED) is 0.214. The van der Waals surface area contributed by atoms with E-state index < -0.39 is 17.9 Å². The number of aromatic nitrogens is 6. The first kappa shape index (κ1) is 38.8. The summed E-state index contributed by atoms with van der Waals surface area (Å²) < 4.78 is 11.9. The largest absolute Gasteiger partial charge is 0.480 e. The molecule has 0 spiro atoms. The molecule has 0 radical (unpaired) electrons. The van der Waals surface area contributed by atoms with Crippen molar-refractivity contribution < 1.29 is 23.9 Å². The summed E-state index contributed by atoms with van der Waals surface area (Å²) in [4.78, 5) is 90.6. The van der Waals surface area contributed by atoms with Crippen LogP contribution in [-0.4, -0.2) is 77.0 Å². The molecule has 58 heavy (non-hydrogen) atoms. The lowest BCUT2D eigenvalue weighted by molar-refractivity contribution is -0.135. The van der Waals surface area contributed by atoms with Crippen molar-refractivity contribution in [3.8, 4) is 17.3 Å². The SMILES string of the molecule is COc1ncc(C(=O)N2CCC(CCc3ccc4c(c3)n(C)c(=O)n4C3CCC(=O)NC3=O)CC2)cc1-c1nc2c(n1C(C)C)CN(c1cc(Cl)cn(C)c1=O)C2=O. The van der Waals surface area contributed by atoms with Crippen LogP contribution in [0.4, 0.5) is 5.69 Å². The summed E-state index contributed by atoms with van der Waals surface area (Å²) in [5, 5.41) is 2.68. The molecule has 0 saturated carbocycles. The number of likely N-dealkylation sites (tertiary alicyclic amines) is 1. The van der Waals surface area contributed by atoms with Crippen molar-refractivity contribution in [1.82, 2.24) is 38.5 Å². The second-order valence-electron chi connectivity index (χ2n) is 15.6. The first-order valence-electron chi connectivity index (χ1n) is 19.4. The number of methoxy groups -OCH3 is 1. The van der Waals surface area contributed by atoms with E-state index in [1.807, 2.05) is 41.5 Å². The van der Waals surface area contributed by atoms with Gasteiger partial charge in [0.2, 0.25) is 17.7 Å². The Morgan fingerprint density at radius 2 is 1.78 bits per heavy atom. The highest BCUT2D eigenvalue weighted by molar-refractivity contribution is 6.30. The predicted octanol–water partition coefficient (Wildman–Crippen LogP) is 4.16. The van der Waals surface area contributed by atoms with Crippen molar-refractivity contribution in [3.05, 3.63) is 91.1 Å². The summed E-state index contributed by atoms with van der Waals surface area (Å²) >= 11 is 6.25. The van der Waals surface area contributed by atoms with E-state index in [2.05, 4.69) is 10.3 Å². The van der Waals surface area contributed by atoms with Gasteiger partial charge in [-0.3, -0.25) is 43.3 Å². The molecule has 0 bridgehead atoms. The molecule has 7 heterocycles. The fourth-order valence-electron chi connectivity index (χ4n) is 8.59. The summed E-state index contributed by atoms with van der Waals surface area (Å²) in [5.74, 6) is -0.266. The third-order valence-corrected chi connectivity index (χ3v) is 11.9. The molecule has 3 aliphatic heterocycles. The maximum absolute atomic E-state index is 13.9. The van der Waals surface area contributed by atoms with Crippen LogP contribution in [0.15, 0.2) is 52.3 Å². The molecular weight excluding hydrogens is 766 g/mol. The molecule has 2 saturated heterocycles. The first-order valence-corrected chi connectivity index (χ1v) is 19.8. The Morgan fingerprint density at radius 1 is 1.02 bits per heavy atom. The summed E-state index contributed by atoms with van der Waals surface area (Å²) in [7, 11) is 4.76. The lowest BCUT2D eigenvalue weighted by Crippen LogP contribution is -2.44. The zero-order valence-corrected chi connectivity index (χ0v) is 33.7. The Balaban J connectivity index is 0.954. The highest BCUT2D eigenvalue weighted by atomic mass is 35.5. The fourth-order valence-corrected chi connectivity index (χ4v) is 8.84. The minimum Gasteiger partial charge on any atom is -0.480 e. The number of nitrogens with one attached hydrogen (secondary N) is 1. The third-order valence-electron chi connectivity index (χ3n) is 11.7. The second kappa shape index (κ2) is 15.0. The molecular formula is C41H44ClN9O7. The summed E-state index contributed by atoms with van der Waals surface area (Å²) in [5.41, 5.74) is 3.69. The molecule has 1 atom stereocenters. The van der Waals surface area contributed by atoms with E-state index in [4.69, 9.17) is 21.3 Å². The number of hydrogen-bond acceptors (Lipinski definition) is 9. The number of piperidine rings is 2. The van der Waals surface area contributed by atoms with Crippen LogP contribution in [0.2, 0.25) is 5.02 Å². The maximum Gasteiger partial charge on any atom is 0.329 e. The van der Waals surface area contributed by atoms with Crippen molar-refractivity contribution in [2.45, 2.75) is 71.0 Å². The van der Waals surface area contributed by atoms with E-state index in [0.29, 0.717) is 52.2 Å². The molecule has 5 aromatic rings. The normalized spacial score (nSPS) is 17.4. The second-order valence-corrected chi connectivity index (χ2v) is 16.0. The van der Waals surface area contributed by atoms with Crippen molar-refractivity contribution in [3.63, 3.8) is 0 Å². The van der Waals surface area contributed by atoms with Crippen molar-refractivity contribution in [2.24, 2.45) is 20.0 Å². The predicted molar refractivity (Wildman–Crippen MR) is 215 cm³/mol. The lowest BCUT2D eigenvalue weighted by Gasteiger charge is -2.32. The number of carbonyl (C=O) groups excluding carboxylic acids is 4. The van der Waals surface area contributed by atoms with Crippen LogP contribution in [0, 0.1) is 5.92 Å². The first-order chi connectivity index (χ1) is 27.7. The van der Waals surface area contributed by atoms with Gasteiger partial charge in [-0.2, -0.15) is 0 Å². The highest BCUT2D eigenvalue weighted by Crippen LogP contribution is 2.37.